The number of carbonyl (C=O) groups excluding carboxylic acids is 1. The maximum atomic E-state index is 12.2. The quantitative estimate of drug-likeness (QED) is 0.689. The van der Waals surface area contributed by atoms with Gasteiger partial charge in [-0.15, -0.1) is 5.10 Å². The minimum atomic E-state index is -0.144. The molecule has 1 aliphatic rings. The van der Waals surface area contributed by atoms with Crippen LogP contribution in [0.4, 0.5) is 10.5 Å². The summed E-state index contributed by atoms with van der Waals surface area (Å²) in [7, 11) is 0. The maximum Gasteiger partial charge on any atom is 0.350 e. The van der Waals surface area contributed by atoms with E-state index in [4.69, 9.17) is 0 Å². The largest absolute Gasteiger partial charge is 0.350 e. The van der Waals surface area contributed by atoms with E-state index in [0.717, 1.165) is 25.1 Å². The van der Waals surface area contributed by atoms with E-state index in [2.05, 4.69) is 16.4 Å². The fraction of sp³-hybridized carbons (Fsp3) is 0.250. The lowest BCUT2D eigenvalue weighted by Crippen LogP contribution is -2.38. The Hall–Kier alpha value is -2.17. The third-order valence-electron chi connectivity index (χ3n) is 2.96. The molecule has 5 nitrogen and oxygen atoms in total. The van der Waals surface area contributed by atoms with Crippen LogP contribution in [-0.2, 0) is 6.42 Å². The number of hydrogen-bond donors (Lipinski definition) is 0. The first-order valence-corrected chi connectivity index (χ1v) is 5.62. The zero-order valence-corrected chi connectivity index (χ0v) is 9.28. The minimum absolute atomic E-state index is 0.144. The second-order valence-corrected chi connectivity index (χ2v) is 4.01. The van der Waals surface area contributed by atoms with E-state index < -0.39 is 0 Å². The van der Waals surface area contributed by atoms with Gasteiger partial charge in [-0.05, 0) is 24.5 Å². The number of carbonyl (C=O) groups is 1. The predicted octanol–water partition coefficient (Wildman–Crippen LogP) is 1.70. The first-order valence-electron chi connectivity index (χ1n) is 5.62. The van der Waals surface area contributed by atoms with E-state index in [0.29, 0.717) is 0 Å². The van der Waals surface area contributed by atoms with E-state index in [1.807, 2.05) is 18.2 Å². The average Bonchev–Trinajstić information content (AvgIpc) is 2.91. The zero-order valence-electron chi connectivity index (χ0n) is 9.28. The number of benzene rings is 1. The maximum absolute atomic E-state index is 12.2. The van der Waals surface area contributed by atoms with E-state index in [1.165, 1.54) is 16.4 Å². The molecule has 2 aromatic rings. The molecule has 0 spiro atoms. The molecule has 1 aromatic carbocycles. The van der Waals surface area contributed by atoms with Gasteiger partial charge < -0.3 is 0 Å². The molecule has 2 heterocycles. The molecular weight excluding hydrogens is 216 g/mol. The topological polar surface area (TPSA) is 51.0 Å². The number of aromatic nitrogens is 3. The molecule has 0 atom stereocenters. The summed E-state index contributed by atoms with van der Waals surface area (Å²) < 4.78 is 1.27. The molecule has 1 aromatic heterocycles. The Balaban J connectivity index is 1.98. The van der Waals surface area contributed by atoms with Crippen molar-refractivity contribution in [2.24, 2.45) is 0 Å². The zero-order chi connectivity index (χ0) is 11.7. The first-order chi connectivity index (χ1) is 8.36. The van der Waals surface area contributed by atoms with Gasteiger partial charge in [-0.3, -0.25) is 4.90 Å². The van der Waals surface area contributed by atoms with Crippen molar-refractivity contribution < 1.29 is 4.79 Å². The number of nitrogens with zero attached hydrogens (tertiary/aromatic N) is 4. The van der Waals surface area contributed by atoms with Gasteiger partial charge in [0.2, 0.25) is 0 Å². The van der Waals surface area contributed by atoms with Crippen LogP contribution in [0, 0.1) is 0 Å². The van der Waals surface area contributed by atoms with Crippen LogP contribution in [0.1, 0.15) is 12.0 Å². The summed E-state index contributed by atoms with van der Waals surface area (Å²) in [5, 5.41) is 7.40. The Labute approximate surface area is 98.7 Å². The lowest BCUT2D eigenvalue weighted by molar-refractivity contribution is 0.244. The van der Waals surface area contributed by atoms with Crippen LogP contribution in [0.15, 0.2) is 36.7 Å². The molecule has 1 amide bonds. The van der Waals surface area contributed by atoms with Crippen LogP contribution < -0.4 is 4.90 Å². The second-order valence-electron chi connectivity index (χ2n) is 4.01. The highest BCUT2D eigenvalue weighted by atomic mass is 16.2. The lowest BCUT2D eigenvalue weighted by atomic mass is 10.0. The van der Waals surface area contributed by atoms with E-state index >= 15 is 0 Å². The highest BCUT2D eigenvalue weighted by molar-refractivity contribution is 5.94. The number of anilines is 1. The fourth-order valence-corrected chi connectivity index (χ4v) is 2.17. The monoisotopic (exact) mass is 228 g/mol. The number of hydrogen-bond acceptors (Lipinski definition) is 3. The third kappa shape index (κ3) is 1.69. The number of fused-ring (bicyclic) bond motifs is 1. The van der Waals surface area contributed by atoms with Crippen molar-refractivity contribution in [2.45, 2.75) is 12.8 Å². The number of aryl methyl sites for hydroxylation is 1. The summed E-state index contributed by atoms with van der Waals surface area (Å²) >= 11 is 0. The van der Waals surface area contributed by atoms with Crippen LogP contribution in [0.5, 0.6) is 0 Å². The van der Waals surface area contributed by atoms with E-state index in [1.54, 1.807) is 11.1 Å². The molecule has 0 radical (unpaired) electrons. The molecule has 3 rings (SSSR count). The van der Waals surface area contributed by atoms with Crippen LogP contribution in [-0.4, -0.2) is 27.6 Å². The van der Waals surface area contributed by atoms with Gasteiger partial charge in [0, 0.05) is 12.2 Å². The van der Waals surface area contributed by atoms with Crippen LogP contribution in [0.3, 0.4) is 0 Å². The Morgan fingerprint density at radius 1 is 1.29 bits per heavy atom. The summed E-state index contributed by atoms with van der Waals surface area (Å²) in [6.07, 6.45) is 5.09. The van der Waals surface area contributed by atoms with Crippen molar-refractivity contribution in [3.05, 3.63) is 42.2 Å². The van der Waals surface area contributed by atoms with Crippen molar-refractivity contribution in [1.82, 2.24) is 15.0 Å². The summed E-state index contributed by atoms with van der Waals surface area (Å²) in [5.74, 6) is 0. The van der Waals surface area contributed by atoms with Crippen molar-refractivity contribution in [3.63, 3.8) is 0 Å². The lowest BCUT2D eigenvalue weighted by Gasteiger charge is -2.28. The number of rotatable bonds is 0. The molecule has 1 aliphatic heterocycles. The number of amides is 1. The van der Waals surface area contributed by atoms with Crippen molar-refractivity contribution in [3.8, 4) is 0 Å². The molecular formula is C12H12N4O. The minimum Gasteiger partial charge on any atom is -0.292 e. The van der Waals surface area contributed by atoms with Crippen molar-refractivity contribution in [2.75, 3.05) is 11.4 Å². The Bertz CT molecular complexity index is 535. The summed E-state index contributed by atoms with van der Waals surface area (Å²) in [6, 6.07) is 7.85. The molecule has 0 bridgehead atoms. The smallest absolute Gasteiger partial charge is 0.292 e. The molecule has 0 aliphatic carbocycles. The SMILES string of the molecule is O=C(N1CCCc2ccccc21)n1ccnn1. The van der Waals surface area contributed by atoms with Gasteiger partial charge in [0.25, 0.3) is 0 Å². The van der Waals surface area contributed by atoms with Gasteiger partial charge in [-0.2, -0.15) is 4.68 Å². The molecule has 0 N–H and O–H groups in total. The Morgan fingerprint density at radius 2 is 2.18 bits per heavy atom. The van der Waals surface area contributed by atoms with Gasteiger partial charge in [0.15, 0.2) is 0 Å². The summed E-state index contributed by atoms with van der Waals surface area (Å²) in [6.45, 7) is 0.732. The normalized spacial score (nSPS) is 14.5. The fourth-order valence-electron chi connectivity index (χ4n) is 2.17. The van der Waals surface area contributed by atoms with Crippen LogP contribution >= 0.6 is 0 Å². The third-order valence-corrected chi connectivity index (χ3v) is 2.96. The standard InChI is InChI=1S/C12H12N4O/c17-12(16-9-7-13-14-16)15-8-3-5-10-4-1-2-6-11(10)15/h1-2,4,6-7,9H,3,5,8H2. The summed E-state index contributed by atoms with van der Waals surface area (Å²) in [5.41, 5.74) is 2.20. The van der Waals surface area contributed by atoms with E-state index in [9.17, 15) is 4.79 Å². The number of para-hydroxylation sites is 1. The molecule has 86 valence electrons. The average molecular weight is 228 g/mol. The van der Waals surface area contributed by atoms with Gasteiger partial charge >= 0.3 is 6.03 Å². The Kier molecular flexibility index (Phi) is 2.36. The summed E-state index contributed by atoms with van der Waals surface area (Å²) in [4.78, 5) is 14.0. The molecule has 5 heteroatoms. The second kappa shape index (κ2) is 4.01. The Morgan fingerprint density at radius 3 is 3.00 bits per heavy atom. The molecule has 0 saturated carbocycles. The molecule has 17 heavy (non-hydrogen) atoms. The van der Waals surface area contributed by atoms with Gasteiger partial charge in [0.05, 0.1) is 12.4 Å². The molecule has 0 saturated heterocycles. The van der Waals surface area contributed by atoms with Gasteiger partial charge in [-0.1, -0.05) is 23.4 Å². The van der Waals surface area contributed by atoms with Crippen LogP contribution in [0.2, 0.25) is 0 Å². The molecule has 0 fully saturated rings. The first kappa shape index (κ1) is 10.0. The van der Waals surface area contributed by atoms with Crippen LogP contribution in [0.25, 0.3) is 0 Å². The highest BCUT2D eigenvalue weighted by Crippen LogP contribution is 2.26. The molecule has 0 unspecified atom stereocenters. The van der Waals surface area contributed by atoms with Gasteiger partial charge in [-0.25, -0.2) is 4.79 Å². The predicted molar refractivity (Wildman–Crippen MR) is 62.9 cm³/mol. The van der Waals surface area contributed by atoms with E-state index in [-0.39, 0.29) is 6.03 Å². The highest BCUT2D eigenvalue weighted by Gasteiger charge is 2.23. The van der Waals surface area contributed by atoms with Gasteiger partial charge in [0.1, 0.15) is 0 Å². The van der Waals surface area contributed by atoms with Crippen molar-refractivity contribution in [1.29, 1.82) is 0 Å². The van der Waals surface area contributed by atoms with Crippen molar-refractivity contribution >= 4 is 11.7 Å².